The average Bonchev–Trinajstić information content (AvgIpc) is 3.11. The van der Waals surface area contributed by atoms with Crippen molar-refractivity contribution in [3.05, 3.63) is 0 Å². The number of hydrogen-bond acceptors (Lipinski definition) is 4. The van der Waals surface area contributed by atoms with Gasteiger partial charge in [0.2, 0.25) is 5.91 Å². The Kier molecular flexibility index (Phi) is 3.57. The number of amides is 1. The highest BCUT2D eigenvalue weighted by Crippen LogP contribution is 2.59. The zero-order valence-electron chi connectivity index (χ0n) is 12.1. The molecular formula is C14H24N2O3S. The number of carbonyl (C=O) groups excluding carboxylic acids is 1. The van der Waals surface area contributed by atoms with E-state index in [0.29, 0.717) is 12.8 Å². The van der Waals surface area contributed by atoms with Gasteiger partial charge in [-0.2, -0.15) is 0 Å². The summed E-state index contributed by atoms with van der Waals surface area (Å²) in [6.07, 6.45) is 4.45. The molecule has 1 atom stereocenters. The van der Waals surface area contributed by atoms with E-state index in [-0.39, 0.29) is 34.8 Å². The van der Waals surface area contributed by atoms with Gasteiger partial charge in [0.25, 0.3) is 0 Å². The molecule has 114 valence electrons. The van der Waals surface area contributed by atoms with E-state index >= 15 is 0 Å². The minimum atomic E-state index is -2.85. The van der Waals surface area contributed by atoms with Crippen LogP contribution >= 0.6 is 0 Å². The molecule has 1 unspecified atom stereocenters. The number of piperidine rings is 1. The maximum atomic E-state index is 12.6. The van der Waals surface area contributed by atoms with Crippen LogP contribution in [0.2, 0.25) is 0 Å². The third-order valence-corrected chi connectivity index (χ3v) is 7.22. The first kappa shape index (κ1) is 14.3. The fourth-order valence-corrected chi connectivity index (χ4v) is 5.33. The quantitative estimate of drug-likeness (QED) is 0.802. The Labute approximate surface area is 121 Å². The second kappa shape index (κ2) is 4.98. The van der Waals surface area contributed by atoms with Gasteiger partial charge in [0.05, 0.1) is 11.5 Å². The minimum absolute atomic E-state index is 0.116. The van der Waals surface area contributed by atoms with Crippen LogP contribution in [-0.2, 0) is 14.6 Å². The molecule has 3 rings (SSSR count). The topological polar surface area (TPSA) is 66.5 Å². The van der Waals surface area contributed by atoms with Crippen LogP contribution in [0.3, 0.4) is 0 Å². The minimum Gasteiger partial charge on any atom is -0.342 e. The zero-order chi connectivity index (χ0) is 14.4. The molecule has 0 bridgehead atoms. The lowest BCUT2D eigenvalue weighted by molar-refractivity contribution is -0.134. The van der Waals surface area contributed by atoms with Crippen molar-refractivity contribution in [3.63, 3.8) is 0 Å². The maximum absolute atomic E-state index is 12.6. The predicted molar refractivity (Wildman–Crippen MR) is 77.1 cm³/mol. The van der Waals surface area contributed by atoms with Crippen LogP contribution in [0.15, 0.2) is 0 Å². The van der Waals surface area contributed by atoms with Gasteiger partial charge in [-0.25, -0.2) is 8.42 Å². The highest BCUT2D eigenvalue weighted by molar-refractivity contribution is 7.91. The van der Waals surface area contributed by atoms with E-state index in [2.05, 4.69) is 5.32 Å². The standard InChI is InChI=1S/C14H24N2O3S/c1-16(11-2-8-20(18,19)9-3-11)13(17)12-10-14(12)4-6-15-7-5-14/h11-12,15H,2-10H2,1H3. The second-order valence-corrected chi connectivity index (χ2v) is 9.00. The zero-order valence-corrected chi connectivity index (χ0v) is 12.9. The Morgan fingerprint density at radius 2 is 1.80 bits per heavy atom. The number of nitrogens with zero attached hydrogens (tertiary/aromatic N) is 1. The second-order valence-electron chi connectivity index (χ2n) is 6.70. The summed E-state index contributed by atoms with van der Waals surface area (Å²) in [5, 5.41) is 3.35. The van der Waals surface area contributed by atoms with Gasteiger partial charge in [0.1, 0.15) is 9.84 Å². The van der Waals surface area contributed by atoms with Crippen LogP contribution in [0.4, 0.5) is 0 Å². The first-order valence-electron chi connectivity index (χ1n) is 7.61. The van der Waals surface area contributed by atoms with E-state index in [1.807, 2.05) is 11.9 Å². The fraction of sp³-hybridized carbons (Fsp3) is 0.929. The van der Waals surface area contributed by atoms with Crippen molar-refractivity contribution >= 4 is 15.7 Å². The van der Waals surface area contributed by atoms with E-state index in [1.54, 1.807) is 0 Å². The molecule has 2 heterocycles. The first-order chi connectivity index (χ1) is 9.44. The summed E-state index contributed by atoms with van der Waals surface area (Å²) in [6, 6.07) is 0.116. The van der Waals surface area contributed by atoms with Gasteiger partial charge in [-0.15, -0.1) is 0 Å². The van der Waals surface area contributed by atoms with Gasteiger partial charge in [0, 0.05) is 19.0 Å². The van der Waals surface area contributed by atoms with Gasteiger partial charge >= 0.3 is 0 Å². The van der Waals surface area contributed by atoms with Gasteiger partial charge < -0.3 is 10.2 Å². The third-order valence-electron chi connectivity index (χ3n) is 5.51. The van der Waals surface area contributed by atoms with Crippen LogP contribution in [0.5, 0.6) is 0 Å². The van der Waals surface area contributed by atoms with Crippen molar-refractivity contribution in [2.45, 2.75) is 38.1 Å². The van der Waals surface area contributed by atoms with Gasteiger partial charge in [0.15, 0.2) is 0 Å². The van der Waals surface area contributed by atoms with Crippen LogP contribution in [-0.4, -0.2) is 56.9 Å². The highest BCUT2D eigenvalue weighted by atomic mass is 32.2. The third kappa shape index (κ3) is 2.60. The lowest BCUT2D eigenvalue weighted by Gasteiger charge is -2.32. The van der Waals surface area contributed by atoms with Crippen molar-refractivity contribution in [3.8, 4) is 0 Å². The van der Waals surface area contributed by atoms with Crippen molar-refractivity contribution in [2.75, 3.05) is 31.6 Å². The molecule has 5 nitrogen and oxygen atoms in total. The van der Waals surface area contributed by atoms with Crippen molar-refractivity contribution in [1.82, 2.24) is 10.2 Å². The smallest absolute Gasteiger partial charge is 0.226 e. The van der Waals surface area contributed by atoms with Crippen LogP contribution in [0, 0.1) is 11.3 Å². The summed E-state index contributed by atoms with van der Waals surface area (Å²) in [7, 11) is -0.994. The Bertz CT molecular complexity index is 483. The van der Waals surface area contributed by atoms with Crippen LogP contribution < -0.4 is 5.32 Å². The molecule has 6 heteroatoms. The molecule has 20 heavy (non-hydrogen) atoms. The molecule has 3 aliphatic rings. The first-order valence-corrected chi connectivity index (χ1v) is 9.44. The lowest BCUT2D eigenvalue weighted by atomic mass is 9.91. The van der Waals surface area contributed by atoms with E-state index < -0.39 is 9.84 Å². The fourth-order valence-electron chi connectivity index (χ4n) is 3.86. The van der Waals surface area contributed by atoms with E-state index in [9.17, 15) is 13.2 Å². The van der Waals surface area contributed by atoms with Crippen molar-refractivity contribution in [1.29, 1.82) is 0 Å². The Morgan fingerprint density at radius 3 is 2.40 bits per heavy atom. The molecule has 3 fully saturated rings. The van der Waals surface area contributed by atoms with Gasteiger partial charge in [-0.1, -0.05) is 0 Å². The monoisotopic (exact) mass is 300 g/mol. The van der Waals surface area contributed by atoms with Crippen LogP contribution in [0.25, 0.3) is 0 Å². The SMILES string of the molecule is CN(C(=O)C1CC12CCNCC2)C1CCS(=O)(=O)CC1. The number of nitrogens with one attached hydrogen (secondary N) is 1. The largest absolute Gasteiger partial charge is 0.342 e. The molecule has 0 aromatic rings. The van der Waals surface area contributed by atoms with Gasteiger partial charge in [-0.05, 0) is 50.6 Å². The molecule has 1 saturated carbocycles. The van der Waals surface area contributed by atoms with E-state index in [0.717, 1.165) is 32.4 Å². The maximum Gasteiger partial charge on any atom is 0.226 e. The average molecular weight is 300 g/mol. The summed E-state index contributed by atoms with van der Waals surface area (Å²) < 4.78 is 22.9. The molecule has 2 saturated heterocycles. The Hall–Kier alpha value is -0.620. The predicted octanol–water partition coefficient (Wildman–Crippen LogP) is 0.412. The molecule has 1 spiro atoms. The van der Waals surface area contributed by atoms with Crippen molar-refractivity contribution < 1.29 is 13.2 Å². The van der Waals surface area contributed by atoms with Crippen LogP contribution in [0.1, 0.15) is 32.1 Å². The summed E-state index contributed by atoms with van der Waals surface area (Å²) in [4.78, 5) is 14.4. The Morgan fingerprint density at radius 1 is 1.20 bits per heavy atom. The van der Waals surface area contributed by atoms with E-state index in [1.165, 1.54) is 0 Å². The number of rotatable bonds is 2. The summed E-state index contributed by atoms with van der Waals surface area (Å²) in [6.45, 7) is 2.05. The molecule has 1 amide bonds. The molecule has 1 aliphatic carbocycles. The summed E-state index contributed by atoms with van der Waals surface area (Å²) in [5.74, 6) is 0.897. The molecule has 0 radical (unpaired) electrons. The van der Waals surface area contributed by atoms with Crippen molar-refractivity contribution in [2.24, 2.45) is 11.3 Å². The van der Waals surface area contributed by atoms with Gasteiger partial charge in [-0.3, -0.25) is 4.79 Å². The highest BCUT2D eigenvalue weighted by Gasteiger charge is 2.58. The molecule has 2 aliphatic heterocycles. The number of sulfone groups is 1. The molecule has 0 aromatic carbocycles. The Balaban J connectivity index is 1.58. The lowest BCUT2D eigenvalue weighted by Crippen LogP contribution is -2.44. The summed E-state index contributed by atoms with van der Waals surface area (Å²) in [5.41, 5.74) is 0.261. The molecule has 1 N–H and O–H groups in total. The molecular weight excluding hydrogens is 276 g/mol. The van der Waals surface area contributed by atoms with E-state index in [4.69, 9.17) is 0 Å². The number of hydrogen-bond donors (Lipinski definition) is 1. The number of carbonyl (C=O) groups is 1. The summed E-state index contributed by atoms with van der Waals surface area (Å²) >= 11 is 0. The normalized spacial score (nSPS) is 31.9. The molecule has 0 aromatic heterocycles.